The third-order valence-electron chi connectivity index (χ3n) is 1.30. The highest BCUT2D eigenvalue weighted by Crippen LogP contribution is 2.14. The Balaban J connectivity index is 2.86. The molecule has 0 aliphatic heterocycles. The number of benzene rings is 1. The molecule has 0 aliphatic carbocycles. The molecule has 1 aromatic heterocycles. The molecule has 0 saturated carbocycles. The minimum absolute atomic E-state index is 0.210. The van der Waals surface area contributed by atoms with Crippen molar-refractivity contribution in [2.45, 2.75) is 0 Å². The fraction of sp³-hybridized carbons (Fsp3) is 0. The Bertz CT molecular complexity index is 355. The molecule has 0 unspecified atom stereocenters. The van der Waals surface area contributed by atoms with Crippen LogP contribution >= 0.6 is 0 Å². The van der Waals surface area contributed by atoms with Crippen molar-refractivity contribution in [2.24, 2.45) is 0 Å². The summed E-state index contributed by atoms with van der Waals surface area (Å²) in [5.41, 5.74) is 1.44. The van der Waals surface area contributed by atoms with Gasteiger partial charge in [-0.1, -0.05) is 0 Å². The van der Waals surface area contributed by atoms with Gasteiger partial charge < -0.3 is 5.11 Å². The number of nitrogens with one attached hydrogen (secondary N) is 1. The molecule has 0 spiro atoms. The van der Waals surface area contributed by atoms with E-state index in [0.29, 0.717) is 5.52 Å². The number of aromatic amines is 1. The first-order chi connectivity index (χ1) is 4.86. The number of aromatic hydroxyl groups is 1. The molecule has 0 amide bonds. The predicted octanol–water partition coefficient (Wildman–Crippen LogP) is 0.663. The first kappa shape index (κ1) is 5.22. The summed E-state index contributed by atoms with van der Waals surface area (Å²) in [6, 6.07) is 4.83. The number of nitrogens with zero attached hydrogens (tertiary/aromatic N) is 2. The second-order valence-corrected chi connectivity index (χ2v) is 2.00. The zero-order valence-electron chi connectivity index (χ0n) is 5.07. The van der Waals surface area contributed by atoms with Crippen LogP contribution in [-0.4, -0.2) is 20.5 Å². The van der Waals surface area contributed by atoms with Crippen LogP contribution in [0.5, 0.6) is 5.75 Å². The van der Waals surface area contributed by atoms with Gasteiger partial charge in [0.15, 0.2) is 0 Å². The van der Waals surface area contributed by atoms with Crippen molar-refractivity contribution in [2.75, 3.05) is 0 Å². The van der Waals surface area contributed by atoms with Gasteiger partial charge in [0.1, 0.15) is 16.8 Å². The van der Waals surface area contributed by atoms with Crippen LogP contribution < -0.4 is 0 Å². The van der Waals surface area contributed by atoms with Crippen LogP contribution in [0.3, 0.4) is 0 Å². The maximum atomic E-state index is 8.97. The monoisotopic (exact) mass is 135 g/mol. The van der Waals surface area contributed by atoms with Crippen molar-refractivity contribution in [3.05, 3.63) is 18.2 Å². The molecule has 4 heteroatoms. The topological polar surface area (TPSA) is 61.8 Å². The maximum absolute atomic E-state index is 8.97. The summed E-state index contributed by atoms with van der Waals surface area (Å²) in [7, 11) is 0. The summed E-state index contributed by atoms with van der Waals surface area (Å²) in [5, 5.41) is 19.0. The van der Waals surface area contributed by atoms with Gasteiger partial charge in [-0.2, -0.15) is 15.4 Å². The molecule has 0 radical (unpaired) electrons. The van der Waals surface area contributed by atoms with Crippen molar-refractivity contribution in [1.29, 1.82) is 0 Å². The van der Waals surface area contributed by atoms with Crippen LogP contribution in [0.15, 0.2) is 18.2 Å². The molecule has 2 rings (SSSR count). The zero-order valence-corrected chi connectivity index (χ0v) is 5.07. The Hall–Kier alpha value is -1.58. The van der Waals surface area contributed by atoms with E-state index in [-0.39, 0.29) is 5.75 Å². The van der Waals surface area contributed by atoms with E-state index in [0.717, 1.165) is 5.52 Å². The van der Waals surface area contributed by atoms with E-state index in [1.807, 2.05) is 0 Å². The van der Waals surface area contributed by atoms with Gasteiger partial charge >= 0.3 is 0 Å². The summed E-state index contributed by atoms with van der Waals surface area (Å²) in [5.74, 6) is 0.210. The molecule has 0 bridgehead atoms. The number of phenolic OH excluding ortho intramolecular Hbond substituents is 1. The van der Waals surface area contributed by atoms with Crippen molar-refractivity contribution >= 4 is 11.0 Å². The van der Waals surface area contributed by atoms with Gasteiger partial charge in [0.2, 0.25) is 0 Å². The van der Waals surface area contributed by atoms with Gasteiger partial charge in [-0.15, -0.1) is 0 Å². The average molecular weight is 135 g/mol. The minimum atomic E-state index is 0.210. The highest BCUT2D eigenvalue weighted by molar-refractivity contribution is 5.74. The van der Waals surface area contributed by atoms with Crippen LogP contribution in [0, 0.1) is 0 Å². The number of rotatable bonds is 0. The lowest BCUT2D eigenvalue weighted by Crippen LogP contribution is -1.67. The highest BCUT2D eigenvalue weighted by Gasteiger charge is 1.96. The van der Waals surface area contributed by atoms with E-state index in [1.54, 1.807) is 18.2 Å². The summed E-state index contributed by atoms with van der Waals surface area (Å²) in [6.07, 6.45) is 0. The lowest BCUT2D eigenvalue weighted by atomic mass is 10.3. The number of hydrogen-bond acceptors (Lipinski definition) is 3. The standard InChI is InChI=1S/C6H5N3O/c10-4-1-2-5-6(3-4)8-9-7-5/h1-3,10H,(H,7,8,9). The Morgan fingerprint density at radius 3 is 2.90 bits per heavy atom. The summed E-state index contributed by atoms with van der Waals surface area (Å²) in [4.78, 5) is 0. The van der Waals surface area contributed by atoms with Gasteiger partial charge in [0.25, 0.3) is 0 Å². The van der Waals surface area contributed by atoms with E-state index < -0.39 is 0 Å². The van der Waals surface area contributed by atoms with Gasteiger partial charge in [-0.3, -0.25) is 0 Å². The number of aromatic nitrogens is 3. The highest BCUT2D eigenvalue weighted by atomic mass is 16.3. The Morgan fingerprint density at radius 1 is 1.20 bits per heavy atom. The number of phenols is 1. The zero-order chi connectivity index (χ0) is 6.97. The van der Waals surface area contributed by atoms with Crippen molar-refractivity contribution < 1.29 is 5.11 Å². The minimum Gasteiger partial charge on any atom is -0.508 e. The van der Waals surface area contributed by atoms with Gasteiger partial charge in [-0.25, -0.2) is 0 Å². The molecule has 10 heavy (non-hydrogen) atoms. The summed E-state index contributed by atoms with van der Waals surface area (Å²) < 4.78 is 0. The lowest BCUT2D eigenvalue weighted by molar-refractivity contribution is 0.476. The largest absolute Gasteiger partial charge is 0.508 e. The van der Waals surface area contributed by atoms with Crippen molar-refractivity contribution in [3.63, 3.8) is 0 Å². The van der Waals surface area contributed by atoms with E-state index in [1.165, 1.54) is 0 Å². The molecular weight excluding hydrogens is 130 g/mol. The van der Waals surface area contributed by atoms with Crippen LogP contribution in [0.1, 0.15) is 0 Å². The number of hydrogen-bond donors (Lipinski definition) is 2. The molecule has 1 aromatic carbocycles. The van der Waals surface area contributed by atoms with Gasteiger partial charge in [0, 0.05) is 6.07 Å². The van der Waals surface area contributed by atoms with Crippen LogP contribution in [0.25, 0.3) is 11.0 Å². The van der Waals surface area contributed by atoms with Gasteiger partial charge in [-0.05, 0) is 12.1 Å². The molecule has 50 valence electrons. The Labute approximate surface area is 56.5 Å². The first-order valence-corrected chi connectivity index (χ1v) is 2.86. The van der Waals surface area contributed by atoms with Crippen molar-refractivity contribution in [1.82, 2.24) is 15.4 Å². The van der Waals surface area contributed by atoms with Crippen LogP contribution in [0.2, 0.25) is 0 Å². The van der Waals surface area contributed by atoms with E-state index >= 15 is 0 Å². The molecule has 0 atom stereocenters. The smallest absolute Gasteiger partial charge is 0.117 e. The predicted molar refractivity (Wildman–Crippen MR) is 35.6 cm³/mol. The molecule has 4 nitrogen and oxygen atoms in total. The van der Waals surface area contributed by atoms with E-state index in [9.17, 15) is 0 Å². The second-order valence-electron chi connectivity index (χ2n) is 2.00. The van der Waals surface area contributed by atoms with Crippen LogP contribution in [0.4, 0.5) is 0 Å². The fourth-order valence-corrected chi connectivity index (χ4v) is 0.829. The fourth-order valence-electron chi connectivity index (χ4n) is 0.829. The lowest BCUT2D eigenvalue weighted by Gasteiger charge is -1.86. The third kappa shape index (κ3) is 0.621. The maximum Gasteiger partial charge on any atom is 0.117 e. The van der Waals surface area contributed by atoms with E-state index in [4.69, 9.17) is 5.11 Å². The second kappa shape index (κ2) is 1.70. The molecule has 0 fully saturated rings. The molecule has 2 aromatic rings. The van der Waals surface area contributed by atoms with Gasteiger partial charge in [0.05, 0.1) is 0 Å². The molecule has 1 heterocycles. The average Bonchev–Trinajstić information content (AvgIpc) is 2.33. The molecule has 2 N–H and O–H groups in total. The number of H-pyrrole nitrogens is 1. The Kier molecular flexibility index (Phi) is 0.887. The quantitative estimate of drug-likeness (QED) is 0.557. The third-order valence-corrected chi connectivity index (χ3v) is 1.30. The Morgan fingerprint density at radius 2 is 2.00 bits per heavy atom. The van der Waals surface area contributed by atoms with Crippen molar-refractivity contribution in [3.8, 4) is 5.75 Å². The van der Waals surface area contributed by atoms with E-state index in [2.05, 4.69) is 15.4 Å². The number of fused-ring (bicyclic) bond motifs is 1. The normalized spacial score (nSPS) is 10.4. The SMILES string of the molecule is Oc1ccc2n[nH]nc2c1. The molecule has 0 aliphatic rings. The summed E-state index contributed by atoms with van der Waals surface area (Å²) in [6.45, 7) is 0. The molecular formula is C6H5N3O. The van der Waals surface area contributed by atoms with Crippen LogP contribution in [-0.2, 0) is 0 Å². The molecule has 0 saturated heterocycles. The first-order valence-electron chi connectivity index (χ1n) is 2.86. The summed E-state index contributed by atoms with van der Waals surface area (Å²) >= 11 is 0.